The smallest absolute Gasteiger partial charge is 0.408 e. The van der Waals surface area contributed by atoms with Crippen molar-refractivity contribution in [1.29, 1.82) is 0 Å². The highest BCUT2D eigenvalue weighted by Gasteiger charge is 2.30. The molecule has 1 amide bonds. The van der Waals surface area contributed by atoms with Crippen molar-refractivity contribution in [3.8, 4) is 5.75 Å². The fourth-order valence-corrected chi connectivity index (χ4v) is 2.49. The standard InChI is InChI=1S/C17H21F3N4O2/c1-11-15(12(2)24(23-11)10-17(18,19)20)9-16(25)22-13-3-5-14(6-4-13)26-8-7-21/h3-6H,7-10,21H2,1-2H3,(H,22,25). The van der Waals surface area contributed by atoms with E-state index in [1.807, 2.05) is 0 Å². The minimum Gasteiger partial charge on any atom is -0.492 e. The van der Waals surface area contributed by atoms with E-state index < -0.39 is 12.7 Å². The van der Waals surface area contributed by atoms with Crippen LogP contribution in [0.3, 0.4) is 0 Å². The number of alkyl halides is 3. The molecule has 2 rings (SSSR count). The van der Waals surface area contributed by atoms with Gasteiger partial charge in [0, 0.05) is 23.5 Å². The first-order valence-electron chi connectivity index (χ1n) is 8.02. The Morgan fingerprint density at radius 1 is 1.27 bits per heavy atom. The molecule has 1 heterocycles. The number of carbonyl (C=O) groups excluding carboxylic acids is 1. The number of anilines is 1. The van der Waals surface area contributed by atoms with Gasteiger partial charge in [-0.05, 0) is 38.1 Å². The molecule has 0 radical (unpaired) electrons. The molecule has 0 saturated heterocycles. The van der Waals surface area contributed by atoms with Gasteiger partial charge < -0.3 is 15.8 Å². The van der Waals surface area contributed by atoms with Gasteiger partial charge in [-0.1, -0.05) is 0 Å². The molecule has 0 aliphatic rings. The number of nitrogens with zero attached hydrogens (tertiary/aromatic N) is 2. The first-order chi connectivity index (χ1) is 12.2. The van der Waals surface area contributed by atoms with E-state index in [1.54, 1.807) is 31.2 Å². The van der Waals surface area contributed by atoms with Crippen LogP contribution >= 0.6 is 0 Å². The van der Waals surface area contributed by atoms with Crippen molar-refractivity contribution in [2.24, 2.45) is 5.73 Å². The summed E-state index contributed by atoms with van der Waals surface area (Å²) in [5.41, 5.74) is 7.16. The van der Waals surface area contributed by atoms with Crippen LogP contribution in [0.25, 0.3) is 0 Å². The third kappa shape index (κ3) is 5.48. The van der Waals surface area contributed by atoms with Crippen LogP contribution < -0.4 is 15.8 Å². The molecular formula is C17H21F3N4O2. The Bertz CT molecular complexity index is 755. The lowest BCUT2D eigenvalue weighted by Crippen LogP contribution is -2.20. The molecule has 0 unspecified atom stereocenters. The largest absolute Gasteiger partial charge is 0.492 e. The minimum absolute atomic E-state index is 0.0546. The van der Waals surface area contributed by atoms with Gasteiger partial charge in [0.25, 0.3) is 0 Å². The number of aryl methyl sites for hydroxylation is 1. The summed E-state index contributed by atoms with van der Waals surface area (Å²) < 4.78 is 43.9. The third-order valence-corrected chi connectivity index (χ3v) is 3.72. The Hall–Kier alpha value is -2.55. The normalized spacial score (nSPS) is 11.5. The number of nitrogens with two attached hydrogens (primary N) is 1. The summed E-state index contributed by atoms with van der Waals surface area (Å²) >= 11 is 0. The number of rotatable bonds is 7. The molecule has 0 saturated carbocycles. The van der Waals surface area contributed by atoms with Gasteiger partial charge in [-0.2, -0.15) is 18.3 Å². The van der Waals surface area contributed by atoms with E-state index in [2.05, 4.69) is 10.4 Å². The highest BCUT2D eigenvalue weighted by molar-refractivity contribution is 5.92. The van der Waals surface area contributed by atoms with Crippen LogP contribution in [0.2, 0.25) is 0 Å². The maximum absolute atomic E-state index is 12.6. The molecule has 0 spiro atoms. The van der Waals surface area contributed by atoms with Gasteiger partial charge >= 0.3 is 6.18 Å². The second-order valence-electron chi connectivity index (χ2n) is 5.81. The van der Waals surface area contributed by atoms with E-state index >= 15 is 0 Å². The number of ether oxygens (including phenoxy) is 1. The van der Waals surface area contributed by atoms with Gasteiger partial charge in [-0.25, -0.2) is 0 Å². The Kier molecular flexibility index (Phi) is 6.25. The van der Waals surface area contributed by atoms with Gasteiger partial charge in [0.1, 0.15) is 18.9 Å². The first kappa shape index (κ1) is 19.8. The van der Waals surface area contributed by atoms with Crippen molar-refractivity contribution in [3.63, 3.8) is 0 Å². The number of amides is 1. The fourth-order valence-electron chi connectivity index (χ4n) is 2.49. The van der Waals surface area contributed by atoms with E-state index in [1.165, 1.54) is 6.92 Å². The summed E-state index contributed by atoms with van der Waals surface area (Å²) in [5, 5.41) is 6.59. The lowest BCUT2D eigenvalue weighted by molar-refractivity contribution is -0.142. The van der Waals surface area contributed by atoms with Crippen LogP contribution in [0.1, 0.15) is 17.0 Å². The monoisotopic (exact) mass is 370 g/mol. The van der Waals surface area contributed by atoms with E-state index in [-0.39, 0.29) is 12.3 Å². The summed E-state index contributed by atoms with van der Waals surface area (Å²) in [7, 11) is 0. The molecule has 142 valence electrons. The van der Waals surface area contributed by atoms with Crippen molar-refractivity contribution in [3.05, 3.63) is 41.2 Å². The Labute approximate surface area is 149 Å². The number of hydrogen-bond donors (Lipinski definition) is 2. The third-order valence-electron chi connectivity index (χ3n) is 3.72. The molecule has 26 heavy (non-hydrogen) atoms. The Morgan fingerprint density at radius 3 is 2.50 bits per heavy atom. The van der Waals surface area contributed by atoms with E-state index in [4.69, 9.17) is 10.5 Å². The lowest BCUT2D eigenvalue weighted by atomic mass is 10.1. The molecule has 0 atom stereocenters. The number of halogens is 3. The molecule has 9 heteroatoms. The predicted octanol–water partition coefficient (Wildman–Crippen LogP) is 2.58. The fraction of sp³-hybridized carbons (Fsp3) is 0.412. The quantitative estimate of drug-likeness (QED) is 0.785. The Balaban J connectivity index is 2.01. The molecule has 0 aliphatic carbocycles. The van der Waals surface area contributed by atoms with Gasteiger partial charge in [0.15, 0.2) is 0 Å². The highest BCUT2D eigenvalue weighted by atomic mass is 19.4. The topological polar surface area (TPSA) is 82.2 Å². The molecule has 2 aromatic rings. The molecule has 6 nitrogen and oxygen atoms in total. The second kappa shape index (κ2) is 8.22. The maximum Gasteiger partial charge on any atom is 0.408 e. The van der Waals surface area contributed by atoms with Crippen molar-refractivity contribution in [1.82, 2.24) is 9.78 Å². The van der Waals surface area contributed by atoms with E-state index in [9.17, 15) is 18.0 Å². The minimum atomic E-state index is -4.36. The molecule has 1 aromatic heterocycles. The zero-order chi connectivity index (χ0) is 19.3. The molecule has 1 aromatic carbocycles. The van der Waals surface area contributed by atoms with Gasteiger partial charge in [0.05, 0.1) is 12.1 Å². The summed E-state index contributed by atoms with van der Waals surface area (Å²) in [6.45, 7) is 2.74. The molecule has 0 bridgehead atoms. The van der Waals surface area contributed by atoms with Crippen molar-refractivity contribution in [2.45, 2.75) is 33.0 Å². The zero-order valence-electron chi connectivity index (χ0n) is 14.6. The van der Waals surface area contributed by atoms with Crippen LogP contribution in [0.4, 0.5) is 18.9 Å². The van der Waals surface area contributed by atoms with Gasteiger partial charge in [0.2, 0.25) is 5.91 Å². The Morgan fingerprint density at radius 2 is 1.92 bits per heavy atom. The van der Waals surface area contributed by atoms with Crippen LogP contribution in [0.15, 0.2) is 24.3 Å². The highest BCUT2D eigenvalue weighted by Crippen LogP contribution is 2.22. The van der Waals surface area contributed by atoms with Gasteiger partial charge in [-0.3, -0.25) is 9.48 Å². The van der Waals surface area contributed by atoms with Gasteiger partial charge in [-0.15, -0.1) is 0 Å². The maximum atomic E-state index is 12.6. The van der Waals surface area contributed by atoms with Crippen LogP contribution in [0, 0.1) is 13.8 Å². The summed E-state index contributed by atoms with van der Waals surface area (Å²) in [6, 6.07) is 6.75. The second-order valence-corrected chi connectivity index (χ2v) is 5.81. The number of carbonyl (C=O) groups is 1. The van der Waals surface area contributed by atoms with Crippen molar-refractivity contribution < 1.29 is 22.7 Å². The summed E-state index contributed by atoms with van der Waals surface area (Å²) in [4.78, 5) is 12.2. The van der Waals surface area contributed by atoms with Crippen LogP contribution in [-0.2, 0) is 17.8 Å². The predicted molar refractivity (Wildman–Crippen MR) is 91.1 cm³/mol. The number of nitrogens with one attached hydrogen (secondary N) is 1. The number of hydrogen-bond acceptors (Lipinski definition) is 4. The lowest BCUT2D eigenvalue weighted by Gasteiger charge is -2.09. The molecule has 0 aliphatic heterocycles. The summed E-state index contributed by atoms with van der Waals surface area (Å²) in [5.74, 6) is 0.298. The molecular weight excluding hydrogens is 349 g/mol. The zero-order valence-corrected chi connectivity index (χ0v) is 14.6. The average Bonchev–Trinajstić information content (AvgIpc) is 2.80. The van der Waals surface area contributed by atoms with E-state index in [0.29, 0.717) is 41.5 Å². The van der Waals surface area contributed by atoms with Crippen LogP contribution in [0.5, 0.6) is 5.75 Å². The number of aromatic nitrogens is 2. The average molecular weight is 370 g/mol. The van der Waals surface area contributed by atoms with Crippen LogP contribution in [-0.4, -0.2) is 35.0 Å². The van der Waals surface area contributed by atoms with Crippen molar-refractivity contribution in [2.75, 3.05) is 18.5 Å². The summed E-state index contributed by atoms with van der Waals surface area (Å²) in [6.07, 6.45) is -4.42. The van der Waals surface area contributed by atoms with Crippen molar-refractivity contribution >= 4 is 11.6 Å². The van der Waals surface area contributed by atoms with E-state index in [0.717, 1.165) is 4.68 Å². The SMILES string of the molecule is Cc1nn(CC(F)(F)F)c(C)c1CC(=O)Nc1ccc(OCCN)cc1. The first-order valence-corrected chi connectivity index (χ1v) is 8.02. The number of benzene rings is 1. The molecule has 0 fully saturated rings. The molecule has 3 N–H and O–H groups in total.